The Balaban J connectivity index is 3.01. The summed E-state index contributed by atoms with van der Waals surface area (Å²) in [5, 5.41) is 0.817. The lowest BCUT2D eigenvalue weighted by molar-refractivity contribution is 0.636. The van der Waals surface area contributed by atoms with Gasteiger partial charge in [0.15, 0.2) is 0 Å². The molecule has 0 N–H and O–H groups in total. The molecule has 0 bridgehead atoms. The van der Waals surface area contributed by atoms with Crippen molar-refractivity contribution in [3.8, 4) is 0 Å². The summed E-state index contributed by atoms with van der Waals surface area (Å²) in [5.41, 5.74) is 0. The van der Waals surface area contributed by atoms with E-state index in [1.54, 1.807) is 6.07 Å². The van der Waals surface area contributed by atoms with Gasteiger partial charge in [-0.2, -0.15) is 0 Å². The first-order valence-electron chi connectivity index (χ1n) is 2.77. The summed E-state index contributed by atoms with van der Waals surface area (Å²) in [6, 6.07) is 6.87. The van der Waals surface area contributed by atoms with Gasteiger partial charge in [-0.25, -0.2) is 4.39 Å². The molecule has 0 radical (unpaired) electrons. The topological polar surface area (TPSA) is 0 Å². The lowest BCUT2D eigenvalue weighted by Gasteiger charge is -1.94. The van der Waals surface area contributed by atoms with E-state index in [0.29, 0.717) is 8.58 Å². The quantitative estimate of drug-likeness (QED) is 0.524. The molecule has 0 heterocycles. The van der Waals surface area contributed by atoms with E-state index >= 15 is 0 Å². The maximum absolute atomic E-state index is 12.6. The van der Waals surface area contributed by atoms with Crippen LogP contribution in [0.2, 0.25) is 0 Å². The Bertz CT molecular complexity index is 198. The number of rotatable bonds is 1. The Hall–Kier alpha value is -0.420. The fourth-order valence-electron chi connectivity index (χ4n) is 0.664. The highest BCUT2D eigenvalue weighted by Crippen LogP contribution is 2.06. The highest BCUT2D eigenvalue weighted by Gasteiger charge is 1.93. The molecule has 1 unspecified atom stereocenters. The second-order valence-corrected chi connectivity index (χ2v) is 2.77. The van der Waals surface area contributed by atoms with E-state index in [1.165, 1.54) is 6.07 Å². The molecular formula is C7H8FP. The zero-order valence-electron chi connectivity index (χ0n) is 5.19. The fraction of sp³-hybridized carbons (Fsp3) is 0.143. The first-order chi connectivity index (χ1) is 4.34. The minimum Gasteiger partial charge on any atom is -0.206 e. The third-order valence-corrected chi connectivity index (χ3v) is 2.09. The largest absolute Gasteiger partial charge is 0.206 e. The molecule has 0 aliphatic rings. The Morgan fingerprint density at radius 1 is 1.33 bits per heavy atom. The Kier molecular flexibility index (Phi) is 2.18. The van der Waals surface area contributed by atoms with Gasteiger partial charge in [0.25, 0.3) is 0 Å². The van der Waals surface area contributed by atoms with Crippen molar-refractivity contribution in [2.24, 2.45) is 0 Å². The van der Waals surface area contributed by atoms with Crippen molar-refractivity contribution < 1.29 is 4.39 Å². The van der Waals surface area contributed by atoms with Gasteiger partial charge in [-0.3, -0.25) is 0 Å². The molecule has 1 rings (SSSR count). The molecule has 0 spiro atoms. The Morgan fingerprint density at radius 2 is 2.00 bits per heavy atom. The highest BCUT2D eigenvalue weighted by molar-refractivity contribution is 7.46. The van der Waals surface area contributed by atoms with Crippen molar-refractivity contribution in [3.05, 3.63) is 30.1 Å². The molecule has 0 aliphatic heterocycles. The molecule has 0 aromatic heterocycles. The molecule has 0 saturated heterocycles. The predicted octanol–water partition coefficient (Wildman–Crippen LogP) is 1.76. The van der Waals surface area contributed by atoms with E-state index in [4.69, 9.17) is 0 Å². The highest BCUT2D eigenvalue weighted by atomic mass is 31.1. The minimum absolute atomic E-state index is 0.0849. The molecule has 0 fully saturated rings. The van der Waals surface area contributed by atoms with Gasteiger partial charge >= 0.3 is 0 Å². The lowest BCUT2D eigenvalue weighted by Crippen LogP contribution is -1.97. The third kappa shape index (κ3) is 1.49. The van der Waals surface area contributed by atoms with E-state index in [1.807, 2.05) is 18.8 Å². The summed E-state index contributed by atoms with van der Waals surface area (Å²) in [5.74, 6) is -0.0849. The van der Waals surface area contributed by atoms with Crippen molar-refractivity contribution in [2.75, 3.05) is 6.66 Å². The molecule has 1 aromatic carbocycles. The van der Waals surface area contributed by atoms with Crippen LogP contribution >= 0.6 is 8.58 Å². The van der Waals surface area contributed by atoms with Crippen LogP contribution in [0.5, 0.6) is 0 Å². The number of halogens is 1. The van der Waals surface area contributed by atoms with E-state index in [2.05, 4.69) is 0 Å². The number of hydrogen-bond donors (Lipinski definition) is 0. The zero-order chi connectivity index (χ0) is 6.69. The summed E-state index contributed by atoms with van der Waals surface area (Å²) < 4.78 is 12.6. The molecule has 48 valence electrons. The van der Waals surface area contributed by atoms with Crippen molar-refractivity contribution in [2.45, 2.75) is 0 Å². The summed E-state index contributed by atoms with van der Waals surface area (Å²) in [4.78, 5) is 0. The Labute approximate surface area is 55.9 Å². The summed E-state index contributed by atoms with van der Waals surface area (Å²) >= 11 is 0. The average Bonchev–Trinajstić information content (AvgIpc) is 1.89. The molecule has 1 aromatic rings. The molecule has 2 heteroatoms. The van der Waals surface area contributed by atoms with Gasteiger partial charge in [0.05, 0.1) is 0 Å². The first kappa shape index (κ1) is 6.70. The summed E-state index contributed by atoms with van der Waals surface area (Å²) in [6.45, 7) is 1.97. The summed E-state index contributed by atoms with van der Waals surface area (Å²) in [6.07, 6.45) is 0. The number of benzene rings is 1. The Morgan fingerprint density at radius 3 is 2.44 bits per heavy atom. The van der Waals surface area contributed by atoms with Crippen LogP contribution in [0.3, 0.4) is 0 Å². The SMILES string of the molecule is CPc1ccccc1F. The standard InChI is InChI=1S/C7H8FP/c1-9-7-5-3-2-4-6(7)8/h2-5,9H,1H3. The molecule has 0 amide bonds. The van der Waals surface area contributed by atoms with Gasteiger partial charge in [-0.05, 0) is 12.7 Å². The molecule has 0 saturated carbocycles. The van der Waals surface area contributed by atoms with E-state index < -0.39 is 0 Å². The smallest absolute Gasteiger partial charge is 0.130 e. The van der Waals surface area contributed by atoms with Crippen LogP contribution in [0.15, 0.2) is 24.3 Å². The van der Waals surface area contributed by atoms with Gasteiger partial charge in [0.2, 0.25) is 0 Å². The van der Waals surface area contributed by atoms with Crippen LogP contribution in [-0.4, -0.2) is 6.66 Å². The molecule has 0 nitrogen and oxygen atoms in total. The molecule has 1 atom stereocenters. The fourth-order valence-corrected chi connectivity index (χ4v) is 1.25. The minimum atomic E-state index is -0.0849. The van der Waals surface area contributed by atoms with Crippen LogP contribution < -0.4 is 5.30 Å². The van der Waals surface area contributed by atoms with Gasteiger partial charge in [0, 0.05) is 5.30 Å². The summed E-state index contributed by atoms with van der Waals surface area (Å²) in [7, 11) is 0.554. The van der Waals surface area contributed by atoms with Gasteiger partial charge in [0.1, 0.15) is 5.82 Å². The van der Waals surface area contributed by atoms with Crippen molar-refractivity contribution in [1.29, 1.82) is 0 Å². The number of hydrogen-bond acceptors (Lipinski definition) is 0. The van der Waals surface area contributed by atoms with Crippen LogP contribution in [0, 0.1) is 5.82 Å². The van der Waals surface area contributed by atoms with Crippen LogP contribution in [0.4, 0.5) is 4.39 Å². The normalized spacial score (nSPS) is 10.9. The average molecular weight is 142 g/mol. The van der Waals surface area contributed by atoms with Crippen molar-refractivity contribution >= 4 is 13.9 Å². The maximum atomic E-state index is 12.6. The van der Waals surface area contributed by atoms with E-state index in [0.717, 1.165) is 5.30 Å². The third-order valence-electron chi connectivity index (χ3n) is 1.14. The second kappa shape index (κ2) is 2.93. The van der Waals surface area contributed by atoms with Crippen LogP contribution in [0.25, 0.3) is 0 Å². The zero-order valence-corrected chi connectivity index (χ0v) is 6.19. The van der Waals surface area contributed by atoms with Crippen LogP contribution in [-0.2, 0) is 0 Å². The monoisotopic (exact) mass is 142 g/mol. The van der Waals surface area contributed by atoms with Crippen LogP contribution in [0.1, 0.15) is 0 Å². The molecular weight excluding hydrogens is 134 g/mol. The van der Waals surface area contributed by atoms with Gasteiger partial charge in [-0.15, -0.1) is 0 Å². The van der Waals surface area contributed by atoms with Gasteiger partial charge in [-0.1, -0.05) is 26.8 Å². The maximum Gasteiger partial charge on any atom is 0.130 e. The van der Waals surface area contributed by atoms with E-state index in [9.17, 15) is 4.39 Å². The van der Waals surface area contributed by atoms with Crippen molar-refractivity contribution in [1.82, 2.24) is 0 Å². The van der Waals surface area contributed by atoms with Crippen molar-refractivity contribution in [3.63, 3.8) is 0 Å². The second-order valence-electron chi connectivity index (χ2n) is 1.73. The lowest BCUT2D eigenvalue weighted by atomic mass is 10.3. The first-order valence-corrected chi connectivity index (χ1v) is 4.27. The van der Waals surface area contributed by atoms with Gasteiger partial charge < -0.3 is 0 Å². The molecule has 0 aliphatic carbocycles. The van der Waals surface area contributed by atoms with E-state index in [-0.39, 0.29) is 5.82 Å². The predicted molar refractivity (Wildman–Crippen MR) is 40.3 cm³/mol. The molecule has 9 heavy (non-hydrogen) atoms.